The van der Waals surface area contributed by atoms with E-state index in [1.165, 1.54) is 0 Å². The van der Waals surface area contributed by atoms with Crippen LogP contribution in [0.2, 0.25) is 0 Å². The highest BCUT2D eigenvalue weighted by Crippen LogP contribution is 1.97. The van der Waals surface area contributed by atoms with Crippen molar-refractivity contribution in [3.05, 3.63) is 34.9 Å². The fourth-order valence-electron chi connectivity index (χ4n) is 2.02. The first-order valence-corrected chi connectivity index (χ1v) is 6.93. The predicted octanol–water partition coefficient (Wildman–Crippen LogP) is 1.52. The van der Waals surface area contributed by atoms with Crippen molar-refractivity contribution in [1.82, 2.24) is 19.5 Å². The monoisotopic (exact) mass is 262 g/mol. The molecule has 0 fully saturated rings. The first-order valence-electron chi connectivity index (χ1n) is 6.93. The van der Waals surface area contributed by atoms with Crippen LogP contribution in [0.3, 0.4) is 0 Å². The number of fused-ring (bicyclic) bond motifs is 1. The van der Waals surface area contributed by atoms with E-state index in [1.807, 2.05) is 18.2 Å². The average Bonchev–Trinajstić information content (AvgIpc) is 2.71. The van der Waals surface area contributed by atoms with Gasteiger partial charge in [-0.15, -0.1) is 5.10 Å². The summed E-state index contributed by atoms with van der Waals surface area (Å²) in [4.78, 5) is 12.0. The highest BCUT2D eigenvalue weighted by Gasteiger charge is 2.04. The van der Waals surface area contributed by atoms with Gasteiger partial charge in [-0.05, 0) is 44.0 Å². The molecular weight excluding hydrogens is 240 g/mol. The first-order chi connectivity index (χ1) is 9.18. The maximum Gasteiger partial charge on any atom is 0.350 e. The van der Waals surface area contributed by atoms with Gasteiger partial charge >= 0.3 is 5.69 Å². The molecular formula is C14H22N4O. The Bertz CT molecular complexity index is 570. The zero-order valence-electron chi connectivity index (χ0n) is 11.7. The van der Waals surface area contributed by atoms with Crippen LogP contribution < -0.4 is 11.0 Å². The highest BCUT2D eigenvalue weighted by atomic mass is 16.2. The molecule has 0 amide bonds. The lowest BCUT2D eigenvalue weighted by molar-refractivity contribution is 0.500. The first kappa shape index (κ1) is 13.8. The lowest BCUT2D eigenvalue weighted by Gasteiger charge is -2.06. The van der Waals surface area contributed by atoms with Crippen molar-refractivity contribution in [1.29, 1.82) is 0 Å². The molecule has 0 saturated heterocycles. The summed E-state index contributed by atoms with van der Waals surface area (Å²) >= 11 is 0. The Kier molecular flexibility index (Phi) is 4.74. The third-order valence-electron chi connectivity index (χ3n) is 3.01. The smallest absolute Gasteiger partial charge is 0.316 e. The standard InChI is InChI=1S/C14H22N4O/c1-12(2)11-15-8-4-6-10-18-14(19)17-9-5-3-7-13(17)16-18/h3,5,7,9,12,15H,4,6,8,10-11H2,1-2H3. The van der Waals surface area contributed by atoms with Crippen molar-refractivity contribution in [2.24, 2.45) is 5.92 Å². The van der Waals surface area contributed by atoms with Gasteiger partial charge in [-0.25, -0.2) is 9.48 Å². The normalized spacial score (nSPS) is 11.5. The summed E-state index contributed by atoms with van der Waals surface area (Å²) in [6.45, 7) is 7.13. The van der Waals surface area contributed by atoms with Crippen LogP contribution in [0.25, 0.3) is 5.65 Å². The van der Waals surface area contributed by atoms with Gasteiger partial charge in [0, 0.05) is 12.7 Å². The third kappa shape index (κ3) is 3.67. The van der Waals surface area contributed by atoms with Crippen LogP contribution in [0, 0.1) is 5.92 Å². The number of hydrogen-bond acceptors (Lipinski definition) is 3. The van der Waals surface area contributed by atoms with Crippen LogP contribution in [0.1, 0.15) is 26.7 Å². The minimum atomic E-state index is -0.0502. The second-order valence-electron chi connectivity index (χ2n) is 5.24. The minimum Gasteiger partial charge on any atom is -0.316 e. The minimum absolute atomic E-state index is 0.0502. The van der Waals surface area contributed by atoms with Crippen LogP contribution in [0.15, 0.2) is 29.2 Å². The Hall–Kier alpha value is -1.62. The Morgan fingerprint density at radius 2 is 2.16 bits per heavy atom. The van der Waals surface area contributed by atoms with Gasteiger partial charge in [0.2, 0.25) is 0 Å². The van der Waals surface area contributed by atoms with Gasteiger partial charge in [0.1, 0.15) is 0 Å². The van der Waals surface area contributed by atoms with E-state index in [0.717, 1.165) is 25.9 Å². The van der Waals surface area contributed by atoms with Crippen molar-refractivity contribution >= 4 is 5.65 Å². The molecule has 2 aromatic heterocycles. The summed E-state index contributed by atoms with van der Waals surface area (Å²) in [6.07, 6.45) is 3.78. The maximum absolute atomic E-state index is 12.0. The van der Waals surface area contributed by atoms with E-state index in [1.54, 1.807) is 15.3 Å². The van der Waals surface area contributed by atoms with E-state index in [0.29, 0.717) is 18.1 Å². The molecule has 0 aliphatic rings. The molecule has 0 aliphatic heterocycles. The topological polar surface area (TPSA) is 51.3 Å². The van der Waals surface area contributed by atoms with Crippen molar-refractivity contribution in [2.45, 2.75) is 33.2 Å². The Balaban J connectivity index is 1.82. The molecule has 0 atom stereocenters. The third-order valence-corrected chi connectivity index (χ3v) is 3.01. The summed E-state index contributed by atoms with van der Waals surface area (Å²) in [6, 6.07) is 5.58. The van der Waals surface area contributed by atoms with Crippen molar-refractivity contribution < 1.29 is 0 Å². The molecule has 2 heterocycles. The molecule has 0 radical (unpaired) electrons. The van der Waals surface area contributed by atoms with E-state index >= 15 is 0 Å². The average molecular weight is 262 g/mol. The fraction of sp³-hybridized carbons (Fsp3) is 0.571. The molecule has 1 N–H and O–H groups in total. The van der Waals surface area contributed by atoms with Gasteiger partial charge in [-0.3, -0.25) is 4.40 Å². The van der Waals surface area contributed by atoms with Crippen LogP contribution in [-0.4, -0.2) is 27.3 Å². The second kappa shape index (κ2) is 6.52. The van der Waals surface area contributed by atoms with Crippen LogP contribution >= 0.6 is 0 Å². The molecule has 0 spiro atoms. The van der Waals surface area contributed by atoms with Crippen LogP contribution in [-0.2, 0) is 6.54 Å². The summed E-state index contributed by atoms with van der Waals surface area (Å²) in [5.74, 6) is 0.682. The lowest BCUT2D eigenvalue weighted by Crippen LogP contribution is -2.23. The SMILES string of the molecule is CC(C)CNCCCCn1nc2ccccn2c1=O. The molecule has 0 unspecified atom stereocenters. The number of aryl methyl sites for hydroxylation is 1. The predicted molar refractivity (Wildman–Crippen MR) is 76.4 cm³/mol. The highest BCUT2D eigenvalue weighted by molar-refractivity contribution is 5.35. The fourth-order valence-corrected chi connectivity index (χ4v) is 2.02. The zero-order chi connectivity index (χ0) is 13.7. The summed E-state index contributed by atoms with van der Waals surface area (Å²) in [7, 11) is 0. The quantitative estimate of drug-likeness (QED) is 0.770. The van der Waals surface area contributed by atoms with Gasteiger partial charge in [0.05, 0.1) is 0 Å². The molecule has 5 heteroatoms. The molecule has 0 aliphatic carbocycles. The largest absolute Gasteiger partial charge is 0.350 e. The number of unbranched alkanes of at least 4 members (excludes halogenated alkanes) is 1. The molecule has 5 nitrogen and oxygen atoms in total. The van der Waals surface area contributed by atoms with E-state index in [4.69, 9.17) is 0 Å². The zero-order valence-corrected chi connectivity index (χ0v) is 11.7. The Morgan fingerprint density at radius 1 is 1.32 bits per heavy atom. The number of pyridine rings is 1. The molecule has 104 valence electrons. The van der Waals surface area contributed by atoms with Crippen molar-refractivity contribution in [3.63, 3.8) is 0 Å². The van der Waals surface area contributed by atoms with Gasteiger partial charge < -0.3 is 5.32 Å². The van der Waals surface area contributed by atoms with Crippen LogP contribution in [0.4, 0.5) is 0 Å². The van der Waals surface area contributed by atoms with Crippen molar-refractivity contribution in [3.8, 4) is 0 Å². The number of rotatable bonds is 7. The van der Waals surface area contributed by atoms with Crippen molar-refractivity contribution in [2.75, 3.05) is 13.1 Å². The molecule has 0 bridgehead atoms. The molecule has 0 aromatic carbocycles. The summed E-state index contributed by atoms with van der Waals surface area (Å²) in [5, 5.41) is 7.70. The Morgan fingerprint density at radius 3 is 2.89 bits per heavy atom. The van der Waals surface area contributed by atoms with Gasteiger partial charge in [-0.1, -0.05) is 19.9 Å². The Labute approximate surface area is 113 Å². The van der Waals surface area contributed by atoms with Gasteiger partial charge in [0.25, 0.3) is 0 Å². The van der Waals surface area contributed by atoms with E-state index < -0.39 is 0 Å². The molecule has 2 aromatic rings. The number of nitrogens with one attached hydrogen (secondary N) is 1. The number of hydrogen-bond donors (Lipinski definition) is 1. The lowest BCUT2D eigenvalue weighted by atomic mass is 10.2. The molecule has 0 saturated carbocycles. The second-order valence-corrected chi connectivity index (χ2v) is 5.24. The molecule has 19 heavy (non-hydrogen) atoms. The summed E-state index contributed by atoms with van der Waals surface area (Å²) < 4.78 is 3.13. The molecule has 2 rings (SSSR count). The van der Waals surface area contributed by atoms with Gasteiger partial charge in [-0.2, -0.15) is 0 Å². The maximum atomic E-state index is 12.0. The van der Waals surface area contributed by atoms with E-state index in [2.05, 4.69) is 24.3 Å². The van der Waals surface area contributed by atoms with E-state index in [-0.39, 0.29) is 5.69 Å². The number of aromatic nitrogens is 3. The number of nitrogens with zero attached hydrogens (tertiary/aromatic N) is 3. The van der Waals surface area contributed by atoms with Crippen LogP contribution in [0.5, 0.6) is 0 Å². The summed E-state index contributed by atoms with van der Waals surface area (Å²) in [5.41, 5.74) is 0.663. The van der Waals surface area contributed by atoms with Gasteiger partial charge in [0.15, 0.2) is 5.65 Å². The van der Waals surface area contributed by atoms with E-state index in [9.17, 15) is 4.79 Å².